The van der Waals surface area contributed by atoms with E-state index in [0.29, 0.717) is 35.3 Å². The number of carbonyl (C=O) groups is 2. The predicted octanol–water partition coefficient (Wildman–Crippen LogP) is 3.46. The maximum Gasteiger partial charge on any atom is 0.319 e. The average molecular weight is 381 g/mol. The molecule has 0 bridgehead atoms. The van der Waals surface area contributed by atoms with Gasteiger partial charge in [-0.3, -0.25) is 4.79 Å². The van der Waals surface area contributed by atoms with Crippen LogP contribution in [0, 0.1) is 5.92 Å². The van der Waals surface area contributed by atoms with E-state index < -0.39 is 0 Å². The van der Waals surface area contributed by atoms with Crippen LogP contribution in [-0.2, 0) is 0 Å². The number of amides is 3. The summed E-state index contributed by atoms with van der Waals surface area (Å²) in [6, 6.07) is 4.77. The molecule has 0 radical (unpaired) electrons. The molecule has 6 nitrogen and oxygen atoms in total. The van der Waals surface area contributed by atoms with Gasteiger partial charge in [-0.25, -0.2) is 4.79 Å². The van der Waals surface area contributed by atoms with Crippen LogP contribution in [0.4, 0.5) is 10.5 Å². The molecule has 1 aliphatic heterocycles. The Hall–Kier alpha value is -1.79. The lowest BCUT2D eigenvalue weighted by Crippen LogP contribution is -2.43. The van der Waals surface area contributed by atoms with Crippen LogP contribution in [0.5, 0.6) is 0 Å². The number of anilines is 1. The number of nitrogens with zero attached hydrogens (tertiary/aromatic N) is 1. The second-order valence-electron chi connectivity index (χ2n) is 8.01. The van der Waals surface area contributed by atoms with Crippen LogP contribution in [0.3, 0.4) is 0 Å². The largest absolute Gasteiger partial charge is 0.339 e. The van der Waals surface area contributed by atoms with Crippen molar-refractivity contribution >= 4 is 29.2 Å². The Balaban J connectivity index is 2.07. The first-order valence-electron chi connectivity index (χ1n) is 9.00. The van der Waals surface area contributed by atoms with Crippen molar-refractivity contribution in [3.8, 4) is 0 Å². The summed E-state index contributed by atoms with van der Waals surface area (Å²) in [6.07, 6.45) is 1.79. The minimum atomic E-state index is -0.348. The molecule has 7 heteroatoms. The Morgan fingerprint density at radius 3 is 2.42 bits per heavy atom. The molecule has 2 rings (SSSR count). The molecule has 144 valence electrons. The van der Waals surface area contributed by atoms with Gasteiger partial charge in [0.25, 0.3) is 5.91 Å². The monoisotopic (exact) mass is 380 g/mol. The topological polar surface area (TPSA) is 87.5 Å². The molecule has 1 atom stereocenters. The average Bonchev–Trinajstić information content (AvgIpc) is 2.54. The Bertz CT molecular complexity index is 662. The van der Waals surface area contributed by atoms with Gasteiger partial charge in [0.05, 0.1) is 10.6 Å². The summed E-state index contributed by atoms with van der Waals surface area (Å²) in [4.78, 5) is 26.7. The number of hydrogen-bond acceptors (Lipinski definition) is 3. The summed E-state index contributed by atoms with van der Waals surface area (Å²) in [5.41, 5.74) is 6.55. The molecule has 1 aromatic rings. The van der Waals surface area contributed by atoms with Gasteiger partial charge in [0, 0.05) is 30.4 Å². The summed E-state index contributed by atoms with van der Waals surface area (Å²) in [5.74, 6) is 0.335. The standard InChI is InChI=1S/C19H29ClN4O2/c1-12(21)13-7-9-24(10-8-13)17(25)15-11-14(5-6-16(15)20)22-18(26)23-19(2,3)4/h5-6,11-13H,7-10,21H2,1-4H3,(H2,22,23,26). The van der Waals surface area contributed by atoms with Gasteiger partial charge >= 0.3 is 6.03 Å². The fraction of sp³-hybridized carbons (Fsp3) is 0.579. The Morgan fingerprint density at radius 1 is 1.27 bits per heavy atom. The number of halogens is 1. The van der Waals surface area contributed by atoms with Gasteiger partial charge in [-0.2, -0.15) is 0 Å². The zero-order chi connectivity index (χ0) is 19.5. The molecular formula is C19H29ClN4O2. The second-order valence-corrected chi connectivity index (χ2v) is 8.42. The van der Waals surface area contributed by atoms with Crippen molar-refractivity contribution in [3.63, 3.8) is 0 Å². The molecule has 1 saturated heterocycles. The second kappa shape index (κ2) is 8.27. The quantitative estimate of drug-likeness (QED) is 0.750. The Kier molecular flexibility index (Phi) is 6.53. The maximum absolute atomic E-state index is 12.8. The lowest BCUT2D eigenvalue weighted by Gasteiger charge is -2.34. The minimum absolute atomic E-state index is 0.113. The molecule has 0 spiro atoms. The zero-order valence-corrected chi connectivity index (χ0v) is 16.7. The normalized spacial score (nSPS) is 16.9. The first-order valence-corrected chi connectivity index (χ1v) is 9.38. The van der Waals surface area contributed by atoms with Crippen molar-refractivity contribution in [2.75, 3.05) is 18.4 Å². The van der Waals surface area contributed by atoms with Gasteiger partial charge in [0.1, 0.15) is 0 Å². The van der Waals surface area contributed by atoms with Gasteiger partial charge < -0.3 is 21.3 Å². The van der Waals surface area contributed by atoms with Crippen molar-refractivity contribution in [3.05, 3.63) is 28.8 Å². The minimum Gasteiger partial charge on any atom is -0.339 e. The van der Waals surface area contributed by atoms with Gasteiger partial charge in [-0.05, 0) is 64.7 Å². The van der Waals surface area contributed by atoms with Crippen LogP contribution in [-0.4, -0.2) is 41.5 Å². The number of likely N-dealkylation sites (tertiary alicyclic amines) is 1. The van der Waals surface area contributed by atoms with Crippen LogP contribution in [0.15, 0.2) is 18.2 Å². The first-order chi connectivity index (χ1) is 12.1. The van der Waals surface area contributed by atoms with E-state index in [-0.39, 0.29) is 23.5 Å². The van der Waals surface area contributed by atoms with Gasteiger partial charge in [-0.15, -0.1) is 0 Å². The highest BCUT2D eigenvalue weighted by Gasteiger charge is 2.26. The van der Waals surface area contributed by atoms with Gasteiger partial charge in [0.15, 0.2) is 0 Å². The summed E-state index contributed by atoms with van der Waals surface area (Å²) < 4.78 is 0. The fourth-order valence-electron chi connectivity index (χ4n) is 3.07. The van der Waals surface area contributed by atoms with E-state index in [1.165, 1.54) is 0 Å². The van der Waals surface area contributed by atoms with Gasteiger partial charge in [-0.1, -0.05) is 11.6 Å². The molecular weight excluding hydrogens is 352 g/mol. The molecule has 1 aromatic carbocycles. The molecule has 1 heterocycles. The highest BCUT2D eigenvalue weighted by atomic mass is 35.5. The number of carbonyl (C=O) groups excluding carboxylic acids is 2. The third-order valence-corrected chi connectivity index (χ3v) is 4.84. The lowest BCUT2D eigenvalue weighted by molar-refractivity contribution is 0.0681. The first kappa shape index (κ1) is 20.5. The Labute approximate surface area is 160 Å². The number of nitrogens with two attached hydrogens (primary N) is 1. The number of rotatable bonds is 3. The van der Waals surface area contributed by atoms with Crippen molar-refractivity contribution in [2.24, 2.45) is 11.7 Å². The van der Waals surface area contributed by atoms with E-state index >= 15 is 0 Å². The van der Waals surface area contributed by atoms with E-state index in [1.54, 1.807) is 23.1 Å². The number of urea groups is 1. The number of benzene rings is 1. The van der Waals surface area contributed by atoms with Crippen molar-refractivity contribution in [1.82, 2.24) is 10.2 Å². The van der Waals surface area contributed by atoms with E-state index in [0.717, 1.165) is 12.8 Å². The number of piperidine rings is 1. The third-order valence-electron chi connectivity index (χ3n) is 4.51. The van der Waals surface area contributed by atoms with Crippen LogP contribution >= 0.6 is 11.6 Å². The van der Waals surface area contributed by atoms with Crippen molar-refractivity contribution in [2.45, 2.75) is 52.1 Å². The number of hydrogen-bond donors (Lipinski definition) is 3. The molecule has 0 aliphatic carbocycles. The van der Waals surface area contributed by atoms with Crippen LogP contribution in [0.25, 0.3) is 0 Å². The van der Waals surface area contributed by atoms with E-state index in [4.69, 9.17) is 17.3 Å². The zero-order valence-electron chi connectivity index (χ0n) is 15.9. The summed E-state index contributed by atoms with van der Waals surface area (Å²) >= 11 is 6.24. The molecule has 1 aliphatic rings. The molecule has 4 N–H and O–H groups in total. The van der Waals surface area contributed by atoms with Crippen molar-refractivity contribution in [1.29, 1.82) is 0 Å². The van der Waals surface area contributed by atoms with E-state index in [1.807, 2.05) is 27.7 Å². The van der Waals surface area contributed by atoms with E-state index in [2.05, 4.69) is 10.6 Å². The smallest absolute Gasteiger partial charge is 0.319 e. The molecule has 1 unspecified atom stereocenters. The summed E-state index contributed by atoms with van der Waals surface area (Å²) in [5, 5.41) is 5.95. The summed E-state index contributed by atoms with van der Waals surface area (Å²) in [7, 11) is 0. The molecule has 0 saturated carbocycles. The molecule has 3 amide bonds. The van der Waals surface area contributed by atoms with Crippen LogP contribution in [0.2, 0.25) is 5.02 Å². The molecule has 0 aromatic heterocycles. The Morgan fingerprint density at radius 2 is 1.88 bits per heavy atom. The third kappa shape index (κ3) is 5.61. The molecule has 26 heavy (non-hydrogen) atoms. The highest BCUT2D eigenvalue weighted by Crippen LogP contribution is 2.26. The maximum atomic E-state index is 12.8. The van der Waals surface area contributed by atoms with Gasteiger partial charge in [0.2, 0.25) is 0 Å². The predicted molar refractivity (Wildman–Crippen MR) is 106 cm³/mol. The van der Waals surface area contributed by atoms with Crippen LogP contribution < -0.4 is 16.4 Å². The SMILES string of the molecule is CC(N)C1CCN(C(=O)c2cc(NC(=O)NC(C)(C)C)ccc2Cl)CC1. The van der Waals surface area contributed by atoms with Crippen LogP contribution in [0.1, 0.15) is 50.9 Å². The summed E-state index contributed by atoms with van der Waals surface area (Å²) in [6.45, 7) is 9.05. The number of nitrogens with one attached hydrogen (secondary N) is 2. The molecule has 1 fully saturated rings. The highest BCUT2D eigenvalue weighted by molar-refractivity contribution is 6.34. The van der Waals surface area contributed by atoms with E-state index in [9.17, 15) is 9.59 Å². The van der Waals surface area contributed by atoms with Crippen molar-refractivity contribution < 1.29 is 9.59 Å². The lowest BCUT2D eigenvalue weighted by atomic mass is 9.90. The fourth-order valence-corrected chi connectivity index (χ4v) is 3.27.